The number of pyridine rings is 1. The van der Waals surface area contributed by atoms with E-state index in [-0.39, 0.29) is 5.54 Å². The Morgan fingerprint density at radius 1 is 1.14 bits per heavy atom. The maximum Gasteiger partial charge on any atom is 0.160 e. The first-order valence-corrected chi connectivity index (χ1v) is 7.51. The summed E-state index contributed by atoms with van der Waals surface area (Å²) in [5, 5.41) is 0. The SMILES string of the molecule is c1ccc2c(c1)OCCC21COCc2nc3cccnc3n21. The molecule has 5 heteroatoms. The zero-order valence-corrected chi connectivity index (χ0v) is 12.0. The van der Waals surface area contributed by atoms with Gasteiger partial charge in [-0.15, -0.1) is 0 Å². The second-order valence-corrected chi connectivity index (χ2v) is 5.83. The number of hydrogen-bond donors (Lipinski definition) is 0. The molecule has 0 fully saturated rings. The van der Waals surface area contributed by atoms with Crippen LogP contribution in [0, 0.1) is 0 Å². The molecule has 0 aliphatic carbocycles. The van der Waals surface area contributed by atoms with E-state index in [2.05, 4.69) is 21.7 Å². The Kier molecular flexibility index (Phi) is 2.38. The number of nitrogens with zero attached hydrogens (tertiary/aromatic N) is 3. The molecule has 22 heavy (non-hydrogen) atoms. The van der Waals surface area contributed by atoms with Crippen LogP contribution < -0.4 is 4.74 Å². The van der Waals surface area contributed by atoms with Gasteiger partial charge >= 0.3 is 0 Å². The second kappa shape index (κ2) is 4.30. The van der Waals surface area contributed by atoms with Gasteiger partial charge in [-0.05, 0) is 18.2 Å². The van der Waals surface area contributed by atoms with E-state index < -0.39 is 0 Å². The third-order valence-corrected chi connectivity index (χ3v) is 4.65. The third kappa shape index (κ3) is 1.46. The summed E-state index contributed by atoms with van der Waals surface area (Å²) < 4.78 is 14.0. The number of aromatic nitrogens is 3. The molecule has 1 aromatic carbocycles. The summed E-state index contributed by atoms with van der Waals surface area (Å²) in [5.41, 5.74) is 2.74. The number of rotatable bonds is 0. The monoisotopic (exact) mass is 293 g/mol. The van der Waals surface area contributed by atoms with E-state index in [1.54, 1.807) is 0 Å². The normalized spacial score (nSPS) is 23.1. The van der Waals surface area contributed by atoms with Gasteiger partial charge in [0.1, 0.15) is 29.2 Å². The molecule has 0 saturated heterocycles. The van der Waals surface area contributed by atoms with Crippen LogP contribution in [-0.4, -0.2) is 27.7 Å². The van der Waals surface area contributed by atoms with Gasteiger partial charge in [0.15, 0.2) is 5.65 Å². The number of fused-ring (bicyclic) bond motifs is 6. The lowest BCUT2D eigenvalue weighted by Crippen LogP contribution is -2.47. The van der Waals surface area contributed by atoms with Crippen LogP contribution in [0.2, 0.25) is 0 Å². The Hall–Kier alpha value is -2.40. The molecule has 0 amide bonds. The van der Waals surface area contributed by atoms with Crippen LogP contribution in [0.1, 0.15) is 17.8 Å². The highest BCUT2D eigenvalue weighted by Crippen LogP contribution is 2.44. The van der Waals surface area contributed by atoms with Crippen LogP contribution in [-0.2, 0) is 16.9 Å². The first-order chi connectivity index (χ1) is 10.9. The summed E-state index contributed by atoms with van der Waals surface area (Å²) in [4.78, 5) is 9.29. The second-order valence-electron chi connectivity index (χ2n) is 5.83. The molecule has 0 radical (unpaired) electrons. The first-order valence-electron chi connectivity index (χ1n) is 7.51. The van der Waals surface area contributed by atoms with Crippen molar-refractivity contribution in [1.82, 2.24) is 14.5 Å². The highest BCUT2D eigenvalue weighted by atomic mass is 16.5. The molecule has 1 unspecified atom stereocenters. The van der Waals surface area contributed by atoms with Crippen molar-refractivity contribution in [2.75, 3.05) is 13.2 Å². The minimum absolute atomic E-state index is 0.272. The van der Waals surface area contributed by atoms with Crippen LogP contribution >= 0.6 is 0 Å². The molecule has 1 spiro atoms. The molecule has 2 aliphatic rings. The number of ether oxygens (including phenoxy) is 2. The van der Waals surface area contributed by atoms with Crippen LogP contribution in [0.4, 0.5) is 0 Å². The van der Waals surface area contributed by atoms with Crippen molar-refractivity contribution < 1.29 is 9.47 Å². The molecular formula is C17H15N3O2. The molecule has 0 saturated carbocycles. The Labute approximate surface area is 127 Å². The topological polar surface area (TPSA) is 49.2 Å². The quantitative estimate of drug-likeness (QED) is 0.639. The predicted molar refractivity (Wildman–Crippen MR) is 80.8 cm³/mol. The molecule has 0 N–H and O–H groups in total. The van der Waals surface area contributed by atoms with E-state index in [9.17, 15) is 0 Å². The Bertz CT molecular complexity index is 869. The van der Waals surface area contributed by atoms with E-state index in [1.165, 1.54) is 0 Å². The van der Waals surface area contributed by atoms with Crippen molar-refractivity contribution >= 4 is 11.2 Å². The summed E-state index contributed by atoms with van der Waals surface area (Å²) in [5.74, 6) is 1.87. The van der Waals surface area contributed by atoms with Gasteiger partial charge in [0, 0.05) is 18.2 Å². The molecule has 1 atom stereocenters. The molecule has 2 aliphatic heterocycles. The fraction of sp³-hybridized carbons (Fsp3) is 0.294. The van der Waals surface area contributed by atoms with Gasteiger partial charge in [0.25, 0.3) is 0 Å². The van der Waals surface area contributed by atoms with E-state index in [1.807, 2.05) is 30.5 Å². The lowest BCUT2D eigenvalue weighted by atomic mass is 9.84. The zero-order chi connectivity index (χ0) is 14.6. The van der Waals surface area contributed by atoms with Crippen molar-refractivity contribution in [3.63, 3.8) is 0 Å². The number of hydrogen-bond acceptors (Lipinski definition) is 4. The third-order valence-electron chi connectivity index (χ3n) is 4.65. The summed E-state index contributed by atoms with van der Waals surface area (Å²) >= 11 is 0. The average Bonchev–Trinajstić information content (AvgIpc) is 2.95. The molecule has 3 aromatic rings. The largest absolute Gasteiger partial charge is 0.493 e. The molecule has 2 aromatic heterocycles. The lowest BCUT2D eigenvalue weighted by Gasteiger charge is -2.43. The lowest BCUT2D eigenvalue weighted by molar-refractivity contribution is 0.00398. The Balaban J connectivity index is 1.86. The van der Waals surface area contributed by atoms with Crippen molar-refractivity contribution in [2.45, 2.75) is 18.6 Å². The number of para-hydroxylation sites is 1. The van der Waals surface area contributed by atoms with E-state index in [0.29, 0.717) is 19.8 Å². The summed E-state index contributed by atoms with van der Waals surface area (Å²) in [6.45, 7) is 1.83. The molecule has 5 rings (SSSR count). The minimum atomic E-state index is -0.272. The minimum Gasteiger partial charge on any atom is -0.493 e. The van der Waals surface area contributed by atoms with Crippen LogP contribution in [0.5, 0.6) is 5.75 Å². The van der Waals surface area contributed by atoms with Crippen LogP contribution in [0.3, 0.4) is 0 Å². The van der Waals surface area contributed by atoms with E-state index >= 15 is 0 Å². The van der Waals surface area contributed by atoms with Crippen molar-refractivity contribution in [3.8, 4) is 5.75 Å². The fourth-order valence-electron chi connectivity index (χ4n) is 3.71. The van der Waals surface area contributed by atoms with Gasteiger partial charge in [0.2, 0.25) is 0 Å². The maximum absolute atomic E-state index is 5.91. The maximum atomic E-state index is 5.91. The average molecular weight is 293 g/mol. The fourth-order valence-corrected chi connectivity index (χ4v) is 3.71. The predicted octanol–water partition coefficient (Wildman–Crippen LogP) is 2.49. The Morgan fingerprint density at radius 2 is 2.09 bits per heavy atom. The highest BCUT2D eigenvalue weighted by molar-refractivity contribution is 5.72. The highest BCUT2D eigenvalue weighted by Gasteiger charge is 2.44. The van der Waals surface area contributed by atoms with Gasteiger partial charge in [-0.1, -0.05) is 18.2 Å². The van der Waals surface area contributed by atoms with Gasteiger partial charge in [-0.2, -0.15) is 0 Å². The van der Waals surface area contributed by atoms with Crippen molar-refractivity contribution in [3.05, 3.63) is 54.0 Å². The summed E-state index contributed by atoms with van der Waals surface area (Å²) in [7, 11) is 0. The van der Waals surface area contributed by atoms with Gasteiger partial charge < -0.3 is 9.47 Å². The Morgan fingerprint density at radius 3 is 3.09 bits per heavy atom. The van der Waals surface area contributed by atoms with Crippen molar-refractivity contribution in [1.29, 1.82) is 0 Å². The zero-order valence-electron chi connectivity index (χ0n) is 12.0. The molecule has 4 heterocycles. The molecular weight excluding hydrogens is 278 g/mol. The van der Waals surface area contributed by atoms with Gasteiger partial charge in [-0.25, -0.2) is 9.97 Å². The number of benzene rings is 1. The molecule has 5 nitrogen and oxygen atoms in total. The summed E-state index contributed by atoms with van der Waals surface area (Å²) in [6.07, 6.45) is 2.69. The first kappa shape index (κ1) is 12.2. The van der Waals surface area contributed by atoms with Crippen molar-refractivity contribution in [2.24, 2.45) is 0 Å². The van der Waals surface area contributed by atoms with Crippen LogP contribution in [0.15, 0.2) is 42.6 Å². The number of imidazole rings is 1. The van der Waals surface area contributed by atoms with Gasteiger partial charge in [0.05, 0.1) is 13.2 Å². The standard InChI is InChI=1S/C17H15N3O2/c1-2-6-14-12(4-1)17(7-9-22-14)11-21-10-15-19-13-5-3-8-18-16(13)20(15)17/h1-6,8H,7,9-11H2. The molecule has 110 valence electrons. The van der Waals surface area contributed by atoms with Gasteiger partial charge in [-0.3, -0.25) is 4.57 Å². The van der Waals surface area contributed by atoms with E-state index in [0.717, 1.165) is 34.7 Å². The smallest absolute Gasteiger partial charge is 0.160 e. The summed E-state index contributed by atoms with van der Waals surface area (Å²) in [6, 6.07) is 12.1. The van der Waals surface area contributed by atoms with Crippen LogP contribution in [0.25, 0.3) is 11.2 Å². The molecule has 0 bridgehead atoms. The van der Waals surface area contributed by atoms with E-state index in [4.69, 9.17) is 14.5 Å².